The van der Waals surface area contributed by atoms with Crippen LogP contribution in [0.2, 0.25) is 0 Å². The first-order valence-corrected chi connectivity index (χ1v) is 11.4. The second kappa shape index (κ2) is 8.16. The number of aromatic nitrogens is 1. The maximum Gasteiger partial charge on any atom is 0.243 e. The SMILES string of the molecule is CC(=O)N1c2ccc(S(=O)(=O)N3CCCC3)cc2CC1C(=O)NCc1cccnc1. The fourth-order valence-corrected chi connectivity index (χ4v) is 5.64. The second-order valence-corrected chi connectivity index (χ2v) is 9.53. The number of fused-ring (bicyclic) bond motifs is 1. The Kier molecular flexibility index (Phi) is 5.57. The van der Waals surface area contributed by atoms with Crippen molar-refractivity contribution in [2.45, 2.75) is 43.7 Å². The zero-order valence-electron chi connectivity index (χ0n) is 16.7. The third kappa shape index (κ3) is 3.82. The minimum atomic E-state index is -3.56. The number of carbonyl (C=O) groups is 2. The Labute approximate surface area is 175 Å². The highest BCUT2D eigenvalue weighted by atomic mass is 32.2. The lowest BCUT2D eigenvalue weighted by atomic mass is 10.1. The van der Waals surface area contributed by atoms with E-state index in [-0.39, 0.29) is 23.1 Å². The number of nitrogens with one attached hydrogen (secondary N) is 1. The van der Waals surface area contributed by atoms with Crippen LogP contribution in [0.3, 0.4) is 0 Å². The average Bonchev–Trinajstić information content (AvgIpc) is 3.40. The van der Waals surface area contributed by atoms with Crippen LogP contribution >= 0.6 is 0 Å². The number of rotatable bonds is 5. The van der Waals surface area contributed by atoms with Gasteiger partial charge in [-0.2, -0.15) is 4.31 Å². The number of pyridine rings is 1. The lowest BCUT2D eigenvalue weighted by Gasteiger charge is -2.23. The van der Waals surface area contributed by atoms with Crippen molar-refractivity contribution < 1.29 is 18.0 Å². The smallest absolute Gasteiger partial charge is 0.243 e. The van der Waals surface area contributed by atoms with Gasteiger partial charge in [0.2, 0.25) is 21.8 Å². The molecule has 30 heavy (non-hydrogen) atoms. The summed E-state index contributed by atoms with van der Waals surface area (Å²) in [5, 5.41) is 2.85. The molecule has 0 aliphatic carbocycles. The maximum atomic E-state index is 12.9. The van der Waals surface area contributed by atoms with Crippen LogP contribution in [0.5, 0.6) is 0 Å². The van der Waals surface area contributed by atoms with E-state index >= 15 is 0 Å². The van der Waals surface area contributed by atoms with E-state index in [2.05, 4.69) is 10.3 Å². The van der Waals surface area contributed by atoms with Gasteiger partial charge >= 0.3 is 0 Å². The third-order valence-corrected chi connectivity index (χ3v) is 7.46. The van der Waals surface area contributed by atoms with Crippen molar-refractivity contribution >= 4 is 27.5 Å². The molecule has 3 heterocycles. The molecule has 2 aromatic rings. The Hall–Kier alpha value is -2.78. The van der Waals surface area contributed by atoms with Gasteiger partial charge in [-0.1, -0.05) is 6.07 Å². The summed E-state index contributed by atoms with van der Waals surface area (Å²) in [6.07, 6.45) is 5.33. The van der Waals surface area contributed by atoms with Gasteiger partial charge in [-0.25, -0.2) is 8.42 Å². The molecule has 2 aliphatic rings. The number of anilines is 1. The van der Waals surface area contributed by atoms with Gasteiger partial charge in [0.1, 0.15) is 6.04 Å². The second-order valence-electron chi connectivity index (χ2n) is 7.59. The zero-order valence-corrected chi connectivity index (χ0v) is 17.6. The highest BCUT2D eigenvalue weighted by molar-refractivity contribution is 7.89. The molecule has 0 spiro atoms. The Morgan fingerprint density at radius 1 is 1.20 bits per heavy atom. The van der Waals surface area contributed by atoms with E-state index in [0.717, 1.165) is 18.4 Å². The van der Waals surface area contributed by atoms with Crippen LogP contribution in [0.1, 0.15) is 30.9 Å². The van der Waals surface area contributed by atoms with Crippen molar-refractivity contribution in [2.24, 2.45) is 0 Å². The highest BCUT2D eigenvalue weighted by Crippen LogP contribution is 2.35. The summed E-state index contributed by atoms with van der Waals surface area (Å²) in [6, 6.07) is 7.70. The molecular formula is C21H24N4O4S. The number of nitrogens with zero attached hydrogens (tertiary/aromatic N) is 3. The molecule has 4 rings (SSSR count). The summed E-state index contributed by atoms with van der Waals surface area (Å²) in [5.41, 5.74) is 2.13. The van der Waals surface area contributed by atoms with Crippen LogP contribution in [0.25, 0.3) is 0 Å². The van der Waals surface area contributed by atoms with Gasteiger partial charge in [0.05, 0.1) is 4.90 Å². The normalized spacial score (nSPS) is 19.0. The van der Waals surface area contributed by atoms with E-state index in [4.69, 9.17) is 0 Å². The minimum Gasteiger partial charge on any atom is -0.350 e. The van der Waals surface area contributed by atoms with Crippen LogP contribution in [-0.2, 0) is 32.6 Å². The molecule has 1 N–H and O–H groups in total. The molecule has 1 atom stereocenters. The molecule has 2 aliphatic heterocycles. The topological polar surface area (TPSA) is 99.7 Å². The molecular weight excluding hydrogens is 404 g/mol. The predicted octanol–water partition coefficient (Wildman–Crippen LogP) is 1.46. The summed E-state index contributed by atoms with van der Waals surface area (Å²) in [6.45, 7) is 2.77. The van der Waals surface area contributed by atoms with Gasteiger partial charge < -0.3 is 5.32 Å². The average molecular weight is 429 g/mol. The van der Waals surface area contributed by atoms with E-state index in [1.54, 1.807) is 30.6 Å². The quantitative estimate of drug-likeness (QED) is 0.777. The van der Waals surface area contributed by atoms with Crippen molar-refractivity contribution in [2.75, 3.05) is 18.0 Å². The molecule has 8 nitrogen and oxygen atoms in total. The first kappa shape index (κ1) is 20.5. The monoisotopic (exact) mass is 428 g/mol. The van der Waals surface area contributed by atoms with Crippen molar-refractivity contribution in [1.82, 2.24) is 14.6 Å². The summed E-state index contributed by atoms with van der Waals surface area (Å²) in [4.78, 5) is 30.8. The fourth-order valence-electron chi connectivity index (χ4n) is 4.07. The number of sulfonamides is 1. The summed E-state index contributed by atoms with van der Waals surface area (Å²) < 4.78 is 27.3. The largest absolute Gasteiger partial charge is 0.350 e. The van der Waals surface area contributed by atoms with Crippen LogP contribution in [-0.4, -0.2) is 48.7 Å². The van der Waals surface area contributed by atoms with E-state index in [9.17, 15) is 18.0 Å². The van der Waals surface area contributed by atoms with E-state index in [1.165, 1.54) is 22.2 Å². The summed E-state index contributed by atoms with van der Waals surface area (Å²) in [7, 11) is -3.56. The Balaban J connectivity index is 1.56. The first-order valence-electron chi connectivity index (χ1n) is 9.97. The van der Waals surface area contributed by atoms with Crippen molar-refractivity contribution in [3.8, 4) is 0 Å². The van der Waals surface area contributed by atoms with Crippen LogP contribution < -0.4 is 10.2 Å². The molecule has 0 radical (unpaired) electrons. The molecule has 2 amide bonds. The Morgan fingerprint density at radius 3 is 2.63 bits per heavy atom. The lowest BCUT2D eigenvalue weighted by molar-refractivity contribution is -0.125. The van der Waals surface area contributed by atoms with Gasteiger partial charge in [0.15, 0.2) is 0 Å². The predicted molar refractivity (Wildman–Crippen MR) is 111 cm³/mol. The van der Waals surface area contributed by atoms with Gasteiger partial charge in [-0.15, -0.1) is 0 Å². The van der Waals surface area contributed by atoms with Crippen LogP contribution in [0, 0.1) is 0 Å². The lowest BCUT2D eigenvalue weighted by Crippen LogP contribution is -2.47. The number of hydrogen-bond acceptors (Lipinski definition) is 5. The highest BCUT2D eigenvalue weighted by Gasteiger charge is 2.38. The number of hydrogen-bond donors (Lipinski definition) is 1. The third-order valence-electron chi connectivity index (χ3n) is 5.57. The van der Waals surface area contributed by atoms with E-state index < -0.39 is 16.1 Å². The number of benzene rings is 1. The molecule has 158 valence electrons. The van der Waals surface area contributed by atoms with Gasteiger partial charge in [-0.3, -0.25) is 19.5 Å². The fraction of sp³-hybridized carbons (Fsp3) is 0.381. The molecule has 9 heteroatoms. The standard InChI is InChI=1S/C21H24N4O4S/c1-15(26)25-19-7-6-18(30(28,29)24-9-2-3-10-24)11-17(19)12-20(25)21(27)23-14-16-5-4-8-22-13-16/h4-8,11,13,20H,2-3,9-10,12,14H2,1H3,(H,23,27). The van der Waals surface area contributed by atoms with Crippen LogP contribution in [0.4, 0.5) is 5.69 Å². The minimum absolute atomic E-state index is 0.211. The Morgan fingerprint density at radius 2 is 1.97 bits per heavy atom. The molecule has 1 unspecified atom stereocenters. The molecule has 1 fully saturated rings. The number of amides is 2. The molecule has 1 aromatic heterocycles. The van der Waals surface area contributed by atoms with Crippen LogP contribution in [0.15, 0.2) is 47.6 Å². The Bertz CT molecular complexity index is 1070. The van der Waals surface area contributed by atoms with Gasteiger partial charge in [0, 0.05) is 51.1 Å². The van der Waals surface area contributed by atoms with E-state index in [0.29, 0.717) is 30.9 Å². The first-order chi connectivity index (χ1) is 14.4. The maximum absolute atomic E-state index is 12.9. The summed E-state index contributed by atoms with van der Waals surface area (Å²) >= 11 is 0. The van der Waals surface area contributed by atoms with Crippen molar-refractivity contribution in [3.05, 3.63) is 53.9 Å². The van der Waals surface area contributed by atoms with Gasteiger partial charge in [0.25, 0.3) is 0 Å². The number of carbonyl (C=O) groups excluding carboxylic acids is 2. The molecule has 1 aromatic carbocycles. The summed E-state index contributed by atoms with van der Waals surface area (Å²) in [5.74, 6) is -0.542. The molecule has 0 saturated carbocycles. The van der Waals surface area contributed by atoms with Crippen molar-refractivity contribution in [1.29, 1.82) is 0 Å². The molecule has 1 saturated heterocycles. The zero-order chi connectivity index (χ0) is 21.3. The van der Waals surface area contributed by atoms with Crippen molar-refractivity contribution in [3.63, 3.8) is 0 Å². The molecule has 0 bridgehead atoms. The van der Waals surface area contributed by atoms with Gasteiger partial charge in [-0.05, 0) is 48.2 Å². The van der Waals surface area contributed by atoms with E-state index in [1.807, 2.05) is 6.07 Å².